The monoisotopic (exact) mass is 111 g/mol. The molecule has 2 saturated heterocycles. The van der Waals surface area contributed by atoms with Gasteiger partial charge in [0, 0.05) is 12.6 Å². The van der Waals surface area contributed by atoms with Gasteiger partial charge in [-0.15, -0.1) is 0 Å². The summed E-state index contributed by atoms with van der Waals surface area (Å²) in [6, 6.07) is 0.995. The van der Waals surface area contributed by atoms with E-state index >= 15 is 0 Å². The maximum absolute atomic E-state index is 2.60. The number of fused-ring (bicyclic) bond motifs is 1. The van der Waals surface area contributed by atoms with Gasteiger partial charge in [0.1, 0.15) is 0 Å². The fourth-order valence-corrected chi connectivity index (χ4v) is 2.08. The van der Waals surface area contributed by atoms with Crippen LogP contribution in [0.2, 0.25) is 0 Å². The van der Waals surface area contributed by atoms with Crippen LogP contribution in [0.1, 0.15) is 19.8 Å². The molecule has 0 spiro atoms. The van der Waals surface area contributed by atoms with Crippen molar-refractivity contribution >= 4 is 0 Å². The van der Waals surface area contributed by atoms with Crippen LogP contribution in [0, 0.1) is 5.92 Å². The summed E-state index contributed by atoms with van der Waals surface area (Å²) in [5.74, 6) is 1.01. The van der Waals surface area contributed by atoms with Gasteiger partial charge in [-0.1, -0.05) is 6.92 Å². The van der Waals surface area contributed by atoms with Gasteiger partial charge in [-0.25, -0.2) is 0 Å². The van der Waals surface area contributed by atoms with Crippen LogP contribution < -0.4 is 0 Å². The molecule has 2 heterocycles. The molecular formula is C7H13N. The third-order valence-corrected chi connectivity index (χ3v) is 2.59. The van der Waals surface area contributed by atoms with Crippen LogP contribution in [0.25, 0.3) is 0 Å². The summed E-state index contributed by atoms with van der Waals surface area (Å²) in [7, 11) is 0. The average Bonchev–Trinajstić information content (AvgIpc) is 2.09. The molecule has 0 radical (unpaired) electrons. The third-order valence-electron chi connectivity index (χ3n) is 2.59. The van der Waals surface area contributed by atoms with Crippen molar-refractivity contribution < 1.29 is 0 Å². The van der Waals surface area contributed by atoms with Crippen LogP contribution in [0.5, 0.6) is 0 Å². The highest BCUT2D eigenvalue weighted by atomic mass is 15.2. The number of hydrogen-bond donors (Lipinski definition) is 0. The molecule has 0 saturated carbocycles. The van der Waals surface area contributed by atoms with E-state index in [2.05, 4.69) is 11.8 Å². The topological polar surface area (TPSA) is 3.24 Å². The second kappa shape index (κ2) is 1.47. The molecule has 2 atom stereocenters. The zero-order valence-electron chi connectivity index (χ0n) is 5.43. The number of nitrogens with zero attached hydrogens (tertiary/aromatic N) is 1. The van der Waals surface area contributed by atoms with Gasteiger partial charge in [-0.05, 0) is 25.3 Å². The van der Waals surface area contributed by atoms with Crippen molar-refractivity contribution in [1.82, 2.24) is 4.90 Å². The summed E-state index contributed by atoms with van der Waals surface area (Å²) in [6.45, 7) is 5.13. The first-order valence-electron chi connectivity index (χ1n) is 3.62. The Morgan fingerprint density at radius 1 is 1.50 bits per heavy atom. The number of rotatable bonds is 0. The molecule has 2 aliphatic rings. The molecular weight excluding hydrogens is 98.1 g/mol. The normalized spacial score (nSPS) is 46.1. The van der Waals surface area contributed by atoms with Gasteiger partial charge in [0.15, 0.2) is 0 Å². The Kier molecular flexibility index (Phi) is 0.884. The molecule has 1 nitrogen and oxygen atoms in total. The van der Waals surface area contributed by atoms with Gasteiger partial charge >= 0.3 is 0 Å². The van der Waals surface area contributed by atoms with E-state index in [1.165, 1.54) is 25.9 Å². The zero-order valence-corrected chi connectivity index (χ0v) is 5.43. The van der Waals surface area contributed by atoms with Crippen molar-refractivity contribution in [3.63, 3.8) is 0 Å². The molecule has 0 aromatic rings. The van der Waals surface area contributed by atoms with Crippen LogP contribution in [0.15, 0.2) is 0 Å². The van der Waals surface area contributed by atoms with E-state index in [0.29, 0.717) is 0 Å². The number of hydrogen-bond acceptors (Lipinski definition) is 1. The first-order chi connectivity index (χ1) is 3.88. The van der Waals surface area contributed by atoms with E-state index in [-0.39, 0.29) is 0 Å². The minimum atomic E-state index is 0.995. The SMILES string of the molecule is C[C@H]1CN2CCC[C@H]12. The predicted molar refractivity (Wildman–Crippen MR) is 33.8 cm³/mol. The fourth-order valence-electron chi connectivity index (χ4n) is 2.08. The summed E-state index contributed by atoms with van der Waals surface area (Å²) < 4.78 is 0. The van der Waals surface area contributed by atoms with Crippen molar-refractivity contribution in [1.29, 1.82) is 0 Å². The van der Waals surface area contributed by atoms with Gasteiger partial charge < -0.3 is 0 Å². The van der Waals surface area contributed by atoms with Gasteiger partial charge in [0.25, 0.3) is 0 Å². The van der Waals surface area contributed by atoms with Crippen LogP contribution >= 0.6 is 0 Å². The van der Waals surface area contributed by atoms with Crippen LogP contribution in [0.4, 0.5) is 0 Å². The van der Waals surface area contributed by atoms with Crippen molar-refractivity contribution in [3.05, 3.63) is 0 Å². The molecule has 2 rings (SSSR count). The molecule has 2 aliphatic heterocycles. The van der Waals surface area contributed by atoms with Gasteiger partial charge in [-0.3, -0.25) is 4.90 Å². The Hall–Kier alpha value is -0.0400. The molecule has 0 amide bonds. The smallest absolute Gasteiger partial charge is 0.0134 e. The maximum Gasteiger partial charge on any atom is 0.0134 e. The standard InChI is InChI=1S/C7H13N/c1-6-5-8-4-2-3-7(6)8/h6-7H,2-5H2,1H3/t6-,7+/m0/s1. The second-order valence-corrected chi connectivity index (χ2v) is 3.18. The molecule has 0 aromatic carbocycles. The molecule has 46 valence electrons. The third kappa shape index (κ3) is 0.455. The predicted octanol–water partition coefficient (Wildman–Crippen LogP) is 1.10. The Labute approximate surface area is 50.7 Å². The highest BCUT2D eigenvalue weighted by molar-refractivity contribution is 4.93. The molecule has 0 bridgehead atoms. The lowest BCUT2D eigenvalue weighted by Gasteiger charge is -2.41. The summed E-state index contributed by atoms with van der Waals surface area (Å²) >= 11 is 0. The van der Waals surface area contributed by atoms with Gasteiger partial charge in [-0.2, -0.15) is 0 Å². The first-order valence-corrected chi connectivity index (χ1v) is 3.62. The lowest BCUT2D eigenvalue weighted by atomic mass is 9.92. The summed E-state index contributed by atoms with van der Waals surface area (Å²) in [4.78, 5) is 2.60. The van der Waals surface area contributed by atoms with Gasteiger partial charge in [0.05, 0.1) is 0 Å². The zero-order chi connectivity index (χ0) is 5.56. The largest absolute Gasteiger partial charge is 0.300 e. The molecule has 8 heavy (non-hydrogen) atoms. The highest BCUT2D eigenvalue weighted by Crippen LogP contribution is 2.32. The van der Waals surface area contributed by atoms with Crippen molar-refractivity contribution in [2.45, 2.75) is 25.8 Å². The lowest BCUT2D eigenvalue weighted by molar-refractivity contribution is 0.0672. The van der Waals surface area contributed by atoms with E-state index in [0.717, 1.165) is 12.0 Å². The van der Waals surface area contributed by atoms with Crippen LogP contribution in [-0.2, 0) is 0 Å². The fraction of sp³-hybridized carbons (Fsp3) is 1.00. The molecule has 0 aliphatic carbocycles. The Morgan fingerprint density at radius 3 is 2.88 bits per heavy atom. The van der Waals surface area contributed by atoms with Crippen molar-refractivity contribution in [2.75, 3.05) is 13.1 Å². The summed E-state index contributed by atoms with van der Waals surface area (Å²) in [6.07, 6.45) is 2.93. The highest BCUT2D eigenvalue weighted by Gasteiger charge is 2.38. The van der Waals surface area contributed by atoms with E-state index in [1.54, 1.807) is 0 Å². The molecule has 0 N–H and O–H groups in total. The Bertz CT molecular complexity index is 101. The van der Waals surface area contributed by atoms with Crippen molar-refractivity contribution in [2.24, 2.45) is 5.92 Å². The van der Waals surface area contributed by atoms with Crippen LogP contribution in [-0.4, -0.2) is 24.0 Å². The first kappa shape index (κ1) is 4.80. The van der Waals surface area contributed by atoms with E-state index < -0.39 is 0 Å². The second-order valence-electron chi connectivity index (χ2n) is 3.18. The minimum Gasteiger partial charge on any atom is -0.300 e. The van der Waals surface area contributed by atoms with E-state index in [9.17, 15) is 0 Å². The summed E-state index contributed by atoms with van der Waals surface area (Å²) in [5.41, 5.74) is 0. The maximum atomic E-state index is 2.60. The molecule has 0 unspecified atom stereocenters. The minimum absolute atomic E-state index is 0.995. The van der Waals surface area contributed by atoms with E-state index in [1.807, 2.05) is 0 Å². The molecule has 2 fully saturated rings. The van der Waals surface area contributed by atoms with Crippen LogP contribution in [0.3, 0.4) is 0 Å². The van der Waals surface area contributed by atoms with Gasteiger partial charge in [0.2, 0.25) is 0 Å². The average molecular weight is 111 g/mol. The van der Waals surface area contributed by atoms with Crippen molar-refractivity contribution in [3.8, 4) is 0 Å². The molecule has 1 heteroatoms. The van der Waals surface area contributed by atoms with E-state index in [4.69, 9.17) is 0 Å². The Morgan fingerprint density at radius 2 is 2.38 bits per heavy atom. The Balaban J connectivity index is 2.02. The lowest BCUT2D eigenvalue weighted by Crippen LogP contribution is -2.50. The summed E-state index contributed by atoms with van der Waals surface area (Å²) in [5, 5.41) is 0. The quantitative estimate of drug-likeness (QED) is 0.452. The molecule has 0 aromatic heterocycles.